The molecule has 0 aliphatic heterocycles. The lowest BCUT2D eigenvalue weighted by Crippen LogP contribution is -2.61. The normalized spacial score (nSPS) is 16.3. The third-order valence-electron chi connectivity index (χ3n) is 6.49. The van der Waals surface area contributed by atoms with Gasteiger partial charge in [0.05, 0.1) is 19.3 Å². The van der Waals surface area contributed by atoms with Crippen molar-refractivity contribution in [3.8, 4) is 0 Å². The van der Waals surface area contributed by atoms with Gasteiger partial charge in [-0.15, -0.1) is 0 Å². The smallest absolute Gasteiger partial charge is 0.326 e. The van der Waals surface area contributed by atoms with E-state index in [2.05, 4.69) is 26.6 Å². The molecule has 7 atom stereocenters. The lowest BCUT2D eigenvalue weighted by molar-refractivity contribution is -0.142. The Morgan fingerprint density at radius 3 is 1.69 bits per heavy atom. The Kier molecular flexibility index (Phi) is 17.5. The Bertz CT molecular complexity index is 928. The molecule has 0 aromatic heterocycles. The SMILES string of the molecule is CCC(C)C(NC(=O)C(NC(=O)C(CC(C)C)NC(=O)C(N)CO)C(C)O)C(=O)NCC(=O)NC(CC(C)C)C(=O)O. The number of carbonyl (C=O) groups is 6. The Hall–Kier alpha value is -3.30. The third-order valence-corrected chi connectivity index (χ3v) is 6.49. The highest BCUT2D eigenvalue weighted by Crippen LogP contribution is 2.11. The first kappa shape index (κ1) is 38.7. The van der Waals surface area contributed by atoms with Crippen molar-refractivity contribution >= 4 is 35.5 Å². The van der Waals surface area contributed by atoms with Gasteiger partial charge >= 0.3 is 5.97 Å². The number of aliphatic hydroxyl groups is 2. The van der Waals surface area contributed by atoms with Crippen LogP contribution in [0.15, 0.2) is 0 Å². The van der Waals surface area contributed by atoms with E-state index >= 15 is 0 Å². The first-order valence-electron chi connectivity index (χ1n) is 14.2. The van der Waals surface area contributed by atoms with Crippen molar-refractivity contribution in [3.05, 3.63) is 0 Å². The van der Waals surface area contributed by atoms with Crippen molar-refractivity contribution in [3.63, 3.8) is 0 Å². The molecule has 0 saturated heterocycles. The summed E-state index contributed by atoms with van der Waals surface area (Å²) < 4.78 is 0. The molecule has 0 radical (unpaired) electrons. The maximum atomic E-state index is 13.2. The summed E-state index contributed by atoms with van der Waals surface area (Å²) >= 11 is 0. The predicted octanol–water partition coefficient (Wildman–Crippen LogP) is -2.03. The summed E-state index contributed by atoms with van der Waals surface area (Å²) in [5, 5.41) is 40.9. The second-order valence-electron chi connectivity index (χ2n) is 11.4. The Morgan fingerprint density at radius 1 is 0.714 bits per heavy atom. The van der Waals surface area contributed by atoms with Crippen molar-refractivity contribution in [2.75, 3.05) is 13.2 Å². The van der Waals surface area contributed by atoms with Gasteiger partial charge in [-0.25, -0.2) is 4.79 Å². The van der Waals surface area contributed by atoms with E-state index in [1.54, 1.807) is 41.5 Å². The number of hydrogen-bond acceptors (Lipinski definition) is 9. The fourth-order valence-corrected chi connectivity index (χ4v) is 3.88. The number of nitrogens with one attached hydrogen (secondary N) is 5. The fraction of sp³-hybridized carbons (Fsp3) is 0.778. The van der Waals surface area contributed by atoms with Crippen LogP contribution < -0.4 is 32.3 Å². The van der Waals surface area contributed by atoms with Gasteiger partial charge in [0.25, 0.3) is 0 Å². The first-order valence-corrected chi connectivity index (χ1v) is 14.2. The summed E-state index contributed by atoms with van der Waals surface area (Å²) in [6, 6.07) is -6.18. The molecule has 10 N–H and O–H groups in total. The van der Waals surface area contributed by atoms with Crippen LogP contribution in [-0.2, 0) is 28.8 Å². The van der Waals surface area contributed by atoms with Gasteiger partial charge in [-0.2, -0.15) is 0 Å². The predicted molar refractivity (Wildman–Crippen MR) is 153 cm³/mol. The number of aliphatic hydroxyl groups excluding tert-OH is 2. The van der Waals surface area contributed by atoms with E-state index in [-0.39, 0.29) is 24.7 Å². The number of hydrogen-bond donors (Lipinski definition) is 9. The van der Waals surface area contributed by atoms with E-state index in [4.69, 9.17) is 10.8 Å². The lowest BCUT2D eigenvalue weighted by atomic mass is 9.97. The van der Waals surface area contributed by atoms with Gasteiger partial charge in [0.2, 0.25) is 29.5 Å². The Morgan fingerprint density at radius 2 is 1.24 bits per heavy atom. The van der Waals surface area contributed by atoms with Crippen molar-refractivity contribution in [1.82, 2.24) is 26.6 Å². The highest BCUT2D eigenvalue weighted by molar-refractivity contribution is 5.96. The van der Waals surface area contributed by atoms with E-state index in [1.165, 1.54) is 6.92 Å². The average Bonchev–Trinajstić information content (AvgIpc) is 2.90. The molecule has 0 aliphatic carbocycles. The molecule has 0 aliphatic rings. The van der Waals surface area contributed by atoms with Crippen LogP contribution in [0, 0.1) is 17.8 Å². The van der Waals surface area contributed by atoms with Crippen LogP contribution in [0.3, 0.4) is 0 Å². The molecule has 5 amide bonds. The fourth-order valence-electron chi connectivity index (χ4n) is 3.88. The molecule has 15 nitrogen and oxygen atoms in total. The highest BCUT2D eigenvalue weighted by Gasteiger charge is 2.34. The molecule has 0 aromatic carbocycles. The molecule has 0 saturated carbocycles. The third kappa shape index (κ3) is 14.0. The second-order valence-corrected chi connectivity index (χ2v) is 11.4. The minimum atomic E-state index is -1.51. The summed E-state index contributed by atoms with van der Waals surface area (Å²) in [7, 11) is 0. The summed E-state index contributed by atoms with van der Waals surface area (Å²) in [5.41, 5.74) is 5.53. The van der Waals surface area contributed by atoms with Crippen molar-refractivity contribution < 1.29 is 44.1 Å². The first-order chi connectivity index (χ1) is 19.4. The molecule has 0 heterocycles. The van der Waals surface area contributed by atoms with Crippen LogP contribution in [0.25, 0.3) is 0 Å². The van der Waals surface area contributed by atoms with Gasteiger partial charge in [-0.3, -0.25) is 24.0 Å². The molecular formula is C27H50N6O9. The van der Waals surface area contributed by atoms with E-state index in [0.717, 1.165) is 0 Å². The lowest BCUT2D eigenvalue weighted by Gasteiger charge is -2.29. The Balaban J connectivity index is 5.60. The van der Waals surface area contributed by atoms with Crippen molar-refractivity contribution in [1.29, 1.82) is 0 Å². The summed E-state index contributed by atoms with van der Waals surface area (Å²) in [6.07, 6.45) is -0.587. The quantitative estimate of drug-likeness (QED) is 0.0783. The van der Waals surface area contributed by atoms with Crippen LogP contribution in [0.5, 0.6) is 0 Å². The van der Waals surface area contributed by atoms with Crippen LogP contribution in [-0.4, -0.2) is 100 Å². The maximum Gasteiger partial charge on any atom is 0.326 e. The molecule has 242 valence electrons. The number of rotatable bonds is 19. The summed E-state index contributed by atoms with van der Waals surface area (Å²) in [6.45, 7) is 10.8. The maximum absolute atomic E-state index is 13.2. The van der Waals surface area contributed by atoms with Crippen LogP contribution >= 0.6 is 0 Å². The van der Waals surface area contributed by atoms with Crippen molar-refractivity contribution in [2.45, 2.75) is 104 Å². The molecule has 0 rings (SSSR count). The van der Waals surface area contributed by atoms with Gasteiger partial charge in [-0.1, -0.05) is 48.0 Å². The van der Waals surface area contributed by atoms with Crippen LogP contribution in [0.2, 0.25) is 0 Å². The van der Waals surface area contributed by atoms with Crippen LogP contribution in [0.4, 0.5) is 0 Å². The molecule has 0 spiro atoms. The largest absolute Gasteiger partial charge is 0.480 e. The van der Waals surface area contributed by atoms with Gasteiger partial charge in [0.15, 0.2) is 0 Å². The van der Waals surface area contributed by atoms with Gasteiger partial charge < -0.3 is 47.6 Å². The number of nitrogens with two attached hydrogens (primary N) is 1. The molecule has 15 heteroatoms. The number of amides is 5. The minimum absolute atomic E-state index is 0.00313. The number of carboxylic acid groups (broad SMARTS) is 1. The molecule has 0 aromatic rings. The van der Waals surface area contributed by atoms with Gasteiger partial charge in [-0.05, 0) is 37.5 Å². The number of carbonyl (C=O) groups excluding carboxylic acids is 5. The minimum Gasteiger partial charge on any atom is -0.480 e. The van der Waals surface area contributed by atoms with Crippen LogP contribution in [0.1, 0.15) is 67.7 Å². The topological polar surface area (TPSA) is 249 Å². The zero-order chi connectivity index (χ0) is 32.7. The van der Waals surface area contributed by atoms with E-state index in [1.807, 2.05) is 0 Å². The summed E-state index contributed by atoms with van der Waals surface area (Å²) in [4.78, 5) is 75.1. The zero-order valence-corrected chi connectivity index (χ0v) is 25.6. The molecule has 42 heavy (non-hydrogen) atoms. The average molecular weight is 603 g/mol. The molecular weight excluding hydrogens is 552 g/mol. The highest BCUT2D eigenvalue weighted by atomic mass is 16.4. The van der Waals surface area contributed by atoms with E-state index in [9.17, 15) is 39.0 Å². The monoisotopic (exact) mass is 602 g/mol. The zero-order valence-electron chi connectivity index (χ0n) is 25.6. The molecule has 0 bridgehead atoms. The molecule has 7 unspecified atom stereocenters. The van der Waals surface area contributed by atoms with Gasteiger partial charge in [0.1, 0.15) is 30.2 Å². The van der Waals surface area contributed by atoms with E-state index in [0.29, 0.717) is 6.42 Å². The Labute approximate surface area is 247 Å². The standard InChI is InChI=1S/C27H50N6O9/c1-8-15(6)21(25(39)29-11-20(36)30-19(27(41)42)10-14(4)5)32-26(40)22(16(7)35)33-24(38)18(9-13(2)3)31-23(37)17(28)12-34/h13-19,21-22,34-35H,8-12,28H2,1-7H3,(H,29,39)(H,30,36)(H,31,37)(H,32,40)(H,33,38)(H,41,42). The second kappa shape index (κ2) is 19.0. The van der Waals surface area contributed by atoms with Crippen molar-refractivity contribution in [2.24, 2.45) is 23.5 Å². The number of carboxylic acids is 1. The van der Waals surface area contributed by atoms with Gasteiger partial charge in [0, 0.05) is 0 Å². The number of aliphatic carboxylic acids is 1. The summed E-state index contributed by atoms with van der Waals surface area (Å²) in [5.74, 6) is -5.56. The molecule has 0 fully saturated rings. The van der Waals surface area contributed by atoms with E-state index < -0.39 is 90.9 Å².